The van der Waals surface area contributed by atoms with Crippen molar-refractivity contribution >= 4 is 39.1 Å². The van der Waals surface area contributed by atoms with Gasteiger partial charge < -0.3 is 15.7 Å². The molecule has 116 valence electrons. The summed E-state index contributed by atoms with van der Waals surface area (Å²) in [6.45, 7) is 0.208. The number of phenolic OH excluding ortho intramolecular Hbond substituents is 1. The van der Waals surface area contributed by atoms with Gasteiger partial charge in [0.2, 0.25) is 0 Å². The molecule has 0 aliphatic heterocycles. The zero-order chi connectivity index (χ0) is 16.1. The third kappa shape index (κ3) is 4.35. The van der Waals surface area contributed by atoms with Crippen LogP contribution in [0.25, 0.3) is 0 Å². The number of thiocarbonyl (C=S) groups is 1. The quantitative estimate of drug-likeness (QED) is 0.702. The van der Waals surface area contributed by atoms with Crippen LogP contribution in [-0.2, 0) is 6.42 Å². The van der Waals surface area contributed by atoms with E-state index >= 15 is 0 Å². The van der Waals surface area contributed by atoms with Gasteiger partial charge in [0.1, 0.15) is 11.6 Å². The van der Waals surface area contributed by atoms with Gasteiger partial charge in [-0.05, 0) is 58.8 Å². The molecule has 3 N–H and O–H groups in total. The van der Waals surface area contributed by atoms with Crippen molar-refractivity contribution in [2.75, 3.05) is 11.9 Å². The SMILES string of the molecule is Oc1ccc(F)c(CCNC(=S)Nc2ccc(Br)cn2)c1F. The van der Waals surface area contributed by atoms with Crippen LogP contribution in [0.5, 0.6) is 5.75 Å². The monoisotopic (exact) mass is 387 g/mol. The Kier molecular flexibility index (Phi) is 5.62. The summed E-state index contributed by atoms with van der Waals surface area (Å²) in [4.78, 5) is 4.09. The van der Waals surface area contributed by atoms with Crippen LogP contribution in [0.4, 0.5) is 14.6 Å². The molecule has 0 fully saturated rings. The minimum atomic E-state index is -0.949. The molecule has 2 aromatic rings. The highest BCUT2D eigenvalue weighted by Crippen LogP contribution is 2.21. The second kappa shape index (κ2) is 7.46. The summed E-state index contributed by atoms with van der Waals surface area (Å²) >= 11 is 8.33. The van der Waals surface area contributed by atoms with Crippen LogP contribution in [-0.4, -0.2) is 21.7 Å². The highest BCUT2D eigenvalue weighted by atomic mass is 79.9. The fraction of sp³-hybridized carbons (Fsp3) is 0.143. The maximum absolute atomic E-state index is 13.6. The standard InChI is InChI=1S/C14H12BrF2N3OS/c15-8-1-4-12(19-7-8)20-14(22)18-6-5-9-10(16)2-3-11(21)13(9)17/h1-4,7,21H,5-6H2,(H2,18,19,20,22). The first-order valence-electron chi connectivity index (χ1n) is 6.29. The molecule has 0 saturated carbocycles. The van der Waals surface area contributed by atoms with Gasteiger partial charge in [-0.15, -0.1) is 0 Å². The molecule has 1 aromatic carbocycles. The van der Waals surface area contributed by atoms with E-state index in [1.54, 1.807) is 18.3 Å². The molecule has 22 heavy (non-hydrogen) atoms. The van der Waals surface area contributed by atoms with E-state index in [1.165, 1.54) is 0 Å². The summed E-state index contributed by atoms with van der Waals surface area (Å²) in [6, 6.07) is 5.53. The highest BCUT2D eigenvalue weighted by Gasteiger charge is 2.12. The van der Waals surface area contributed by atoms with Crippen molar-refractivity contribution in [1.29, 1.82) is 0 Å². The molecule has 0 radical (unpaired) electrons. The van der Waals surface area contributed by atoms with Gasteiger partial charge in [0.15, 0.2) is 16.7 Å². The van der Waals surface area contributed by atoms with E-state index in [2.05, 4.69) is 31.5 Å². The molecule has 0 bridgehead atoms. The molecule has 4 nitrogen and oxygen atoms in total. The van der Waals surface area contributed by atoms with Gasteiger partial charge in [-0.3, -0.25) is 0 Å². The van der Waals surface area contributed by atoms with E-state index in [4.69, 9.17) is 12.2 Å². The minimum Gasteiger partial charge on any atom is -0.505 e. The number of nitrogens with one attached hydrogen (secondary N) is 2. The number of pyridine rings is 1. The predicted molar refractivity (Wildman–Crippen MR) is 87.9 cm³/mol. The van der Waals surface area contributed by atoms with Crippen molar-refractivity contribution in [3.05, 3.63) is 52.1 Å². The van der Waals surface area contributed by atoms with Crippen LogP contribution in [0.15, 0.2) is 34.9 Å². The Morgan fingerprint density at radius 2 is 2.05 bits per heavy atom. The van der Waals surface area contributed by atoms with Crippen molar-refractivity contribution in [3.63, 3.8) is 0 Å². The number of phenols is 1. The van der Waals surface area contributed by atoms with Crippen molar-refractivity contribution in [2.45, 2.75) is 6.42 Å². The smallest absolute Gasteiger partial charge is 0.171 e. The summed E-state index contributed by atoms with van der Waals surface area (Å²) < 4.78 is 27.9. The van der Waals surface area contributed by atoms with Gasteiger partial charge in [-0.2, -0.15) is 0 Å². The Morgan fingerprint density at radius 1 is 1.27 bits per heavy atom. The normalized spacial score (nSPS) is 10.3. The van der Waals surface area contributed by atoms with Gasteiger partial charge in [0.25, 0.3) is 0 Å². The number of nitrogens with zero attached hydrogens (tertiary/aromatic N) is 1. The van der Waals surface area contributed by atoms with Gasteiger partial charge in [0, 0.05) is 22.8 Å². The number of halogens is 3. The van der Waals surface area contributed by atoms with E-state index in [0.717, 1.165) is 16.6 Å². The first-order valence-corrected chi connectivity index (χ1v) is 7.49. The second-order valence-electron chi connectivity index (χ2n) is 4.35. The first kappa shape index (κ1) is 16.6. The largest absolute Gasteiger partial charge is 0.505 e. The van der Waals surface area contributed by atoms with E-state index < -0.39 is 17.4 Å². The lowest BCUT2D eigenvalue weighted by Gasteiger charge is -2.11. The van der Waals surface area contributed by atoms with E-state index in [9.17, 15) is 13.9 Å². The maximum Gasteiger partial charge on any atom is 0.171 e. The van der Waals surface area contributed by atoms with E-state index in [-0.39, 0.29) is 23.6 Å². The molecule has 0 saturated heterocycles. The molecule has 0 unspecified atom stereocenters. The van der Waals surface area contributed by atoms with Crippen molar-refractivity contribution in [1.82, 2.24) is 10.3 Å². The number of aromatic nitrogens is 1. The second-order valence-corrected chi connectivity index (χ2v) is 5.68. The highest BCUT2D eigenvalue weighted by molar-refractivity contribution is 9.10. The Morgan fingerprint density at radius 3 is 2.73 bits per heavy atom. The summed E-state index contributed by atoms with van der Waals surface area (Å²) in [5.74, 6) is -1.67. The van der Waals surface area contributed by atoms with Crippen molar-refractivity contribution in [2.24, 2.45) is 0 Å². The van der Waals surface area contributed by atoms with Crippen molar-refractivity contribution < 1.29 is 13.9 Å². The molecular weight excluding hydrogens is 376 g/mol. The fourth-order valence-electron chi connectivity index (χ4n) is 1.73. The van der Waals surface area contributed by atoms with Crippen LogP contribution >= 0.6 is 28.1 Å². The number of hydrogen-bond acceptors (Lipinski definition) is 3. The molecule has 0 spiro atoms. The molecule has 0 amide bonds. The topological polar surface area (TPSA) is 57.2 Å². The van der Waals surface area contributed by atoms with Crippen LogP contribution in [0.3, 0.4) is 0 Å². The molecular formula is C14H12BrF2N3OS. The number of benzene rings is 1. The van der Waals surface area contributed by atoms with Gasteiger partial charge in [-0.25, -0.2) is 13.8 Å². The van der Waals surface area contributed by atoms with Crippen LogP contribution < -0.4 is 10.6 Å². The summed E-state index contributed by atoms with van der Waals surface area (Å²) in [6.07, 6.45) is 1.66. The Balaban J connectivity index is 1.87. The predicted octanol–water partition coefficient (Wildman–Crippen LogP) is 3.36. The Hall–Kier alpha value is -1.80. The third-order valence-electron chi connectivity index (χ3n) is 2.80. The van der Waals surface area contributed by atoms with Gasteiger partial charge >= 0.3 is 0 Å². The number of rotatable bonds is 4. The molecule has 2 rings (SSSR count). The molecule has 1 aromatic heterocycles. The lowest BCUT2D eigenvalue weighted by molar-refractivity contribution is 0.421. The minimum absolute atomic E-state index is 0.0433. The van der Waals surface area contributed by atoms with Crippen molar-refractivity contribution in [3.8, 4) is 5.75 Å². The third-order valence-corrected chi connectivity index (χ3v) is 3.51. The molecule has 1 heterocycles. The molecule has 0 aliphatic rings. The van der Waals surface area contributed by atoms with Crippen LogP contribution in [0.2, 0.25) is 0 Å². The zero-order valence-corrected chi connectivity index (χ0v) is 13.6. The average Bonchev–Trinajstić information content (AvgIpc) is 2.49. The Labute approximate surface area is 139 Å². The lowest BCUT2D eigenvalue weighted by Crippen LogP contribution is -2.30. The number of hydrogen-bond donors (Lipinski definition) is 3. The van der Waals surface area contributed by atoms with E-state index in [0.29, 0.717) is 5.82 Å². The van der Waals surface area contributed by atoms with Crippen LogP contribution in [0, 0.1) is 11.6 Å². The van der Waals surface area contributed by atoms with Gasteiger partial charge in [0.05, 0.1) is 0 Å². The average molecular weight is 388 g/mol. The maximum atomic E-state index is 13.6. The number of anilines is 1. The van der Waals surface area contributed by atoms with Gasteiger partial charge in [-0.1, -0.05) is 0 Å². The zero-order valence-electron chi connectivity index (χ0n) is 11.2. The molecule has 0 aliphatic carbocycles. The summed E-state index contributed by atoms with van der Waals surface area (Å²) in [5.41, 5.74) is -0.183. The molecule has 8 heteroatoms. The summed E-state index contributed by atoms with van der Waals surface area (Å²) in [5, 5.41) is 15.2. The van der Waals surface area contributed by atoms with Crippen LogP contribution in [0.1, 0.15) is 5.56 Å². The molecule has 0 atom stereocenters. The lowest BCUT2D eigenvalue weighted by atomic mass is 10.1. The first-order chi connectivity index (χ1) is 10.5. The fourth-order valence-corrected chi connectivity index (χ4v) is 2.17. The number of aromatic hydroxyl groups is 1. The Bertz CT molecular complexity index is 683. The van der Waals surface area contributed by atoms with E-state index in [1.807, 2.05) is 0 Å². The summed E-state index contributed by atoms with van der Waals surface area (Å²) in [7, 11) is 0.